The molecule has 5 nitrogen and oxygen atoms in total. The maximum absolute atomic E-state index is 12.3. The van der Waals surface area contributed by atoms with Crippen LogP contribution in [0.15, 0.2) is 46.9 Å². The van der Waals surface area contributed by atoms with Crippen LogP contribution in [0.5, 0.6) is 17.2 Å². The molecule has 0 aliphatic rings. The van der Waals surface area contributed by atoms with Gasteiger partial charge in [-0.3, -0.25) is 4.79 Å². The van der Waals surface area contributed by atoms with E-state index in [0.29, 0.717) is 23.8 Å². The van der Waals surface area contributed by atoms with Crippen LogP contribution in [0.2, 0.25) is 0 Å². The molecular weight excluding hydrogens is 422 g/mol. The molecule has 0 unspecified atom stereocenters. The van der Waals surface area contributed by atoms with Crippen molar-refractivity contribution in [1.82, 2.24) is 5.32 Å². The van der Waals surface area contributed by atoms with Crippen molar-refractivity contribution in [2.75, 3.05) is 27.9 Å². The van der Waals surface area contributed by atoms with E-state index in [9.17, 15) is 4.79 Å². The highest BCUT2D eigenvalue weighted by Crippen LogP contribution is 2.38. The Hall–Kier alpha value is -2.47. The second kappa shape index (κ2) is 9.64. The standard InChI is InChI=1S/C22H26BrNO4/c1-22(2,16-7-9-17(23)10-8-16)14-24-20(25)11-6-15-12-18(26-3)21(28-5)19(13-15)27-4/h6-13H,14H2,1-5H3,(H,24,25). The zero-order chi connectivity index (χ0) is 20.7. The fraction of sp³-hybridized carbons (Fsp3) is 0.318. The van der Waals surface area contributed by atoms with Crippen molar-refractivity contribution in [3.8, 4) is 17.2 Å². The zero-order valence-electron chi connectivity index (χ0n) is 16.8. The van der Waals surface area contributed by atoms with Crippen molar-refractivity contribution >= 4 is 27.9 Å². The van der Waals surface area contributed by atoms with E-state index in [1.165, 1.54) is 6.08 Å². The quantitative estimate of drug-likeness (QED) is 0.601. The Balaban J connectivity index is 2.06. The van der Waals surface area contributed by atoms with Gasteiger partial charge in [-0.2, -0.15) is 0 Å². The molecule has 1 amide bonds. The van der Waals surface area contributed by atoms with Crippen LogP contribution in [0.1, 0.15) is 25.0 Å². The topological polar surface area (TPSA) is 56.8 Å². The van der Waals surface area contributed by atoms with Crippen LogP contribution < -0.4 is 19.5 Å². The Labute approximate surface area is 174 Å². The van der Waals surface area contributed by atoms with Gasteiger partial charge in [0.25, 0.3) is 0 Å². The highest BCUT2D eigenvalue weighted by molar-refractivity contribution is 9.10. The molecule has 0 radical (unpaired) electrons. The lowest BCUT2D eigenvalue weighted by Crippen LogP contribution is -2.35. The molecule has 0 saturated carbocycles. The second-order valence-corrected chi connectivity index (χ2v) is 7.82. The predicted octanol–water partition coefficient (Wildman–Crippen LogP) is 4.58. The third-order valence-corrected chi connectivity index (χ3v) is 4.97. The Bertz CT molecular complexity index is 819. The number of halogens is 1. The molecule has 6 heteroatoms. The van der Waals surface area contributed by atoms with Crippen molar-refractivity contribution < 1.29 is 19.0 Å². The normalized spacial score (nSPS) is 11.4. The Kier molecular flexibility index (Phi) is 7.52. The van der Waals surface area contributed by atoms with Gasteiger partial charge in [-0.1, -0.05) is 41.9 Å². The SMILES string of the molecule is COc1cc(C=CC(=O)NCC(C)(C)c2ccc(Br)cc2)cc(OC)c1OC. The first-order valence-corrected chi connectivity index (χ1v) is 9.62. The molecule has 1 N–H and O–H groups in total. The lowest BCUT2D eigenvalue weighted by atomic mass is 9.84. The maximum atomic E-state index is 12.3. The summed E-state index contributed by atoms with van der Waals surface area (Å²) in [6.07, 6.45) is 3.21. The van der Waals surface area contributed by atoms with Gasteiger partial charge in [0.05, 0.1) is 21.3 Å². The van der Waals surface area contributed by atoms with Gasteiger partial charge < -0.3 is 19.5 Å². The van der Waals surface area contributed by atoms with E-state index in [4.69, 9.17) is 14.2 Å². The van der Waals surface area contributed by atoms with E-state index in [1.807, 2.05) is 12.1 Å². The van der Waals surface area contributed by atoms with Crippen LogP contribution in [-0.2, 0) is 10.2 Å². The fourth-order valence-electron chi connectivity index (χ4n) is 2.74. The van der Waals surface area contributed by atoms with Gasteiger partial charge in [0.15, 0.2) is 11.5 Å². The van der Waals surface area contributed by atoms with E-state index >= 15 is 0 Å². The number of hydrogen-bond donors (Lipinski definition) is 1. The molecule has 0 heterocycles. The van der Waals surface area contributed by atoms with Crippen molar-refractivity contribution in [1.29, 1.82) is 0 Å². The summed E-state index contributed by atoms with van der Waals surface area (Å²) in [6, 6.07) is 11.7. The second-order valence-electron chi connectivity index (χ2n) is 6.90. The number of hydrogen-bond acceptors (Lipinski definition) is 4. The van der Waals surface area contributed by atoms with Crippen LogP contribution in [0, 0.1) is 0 Å². The average Bonchev–Trinajstić information content (AvgIpc) is 2.70. The number of carbonyl (C=O) groups excluding carboxylic acids is 1. The van der Waals surface area contributed by atoms with Crippen LogP contribution >= 0.6 is 15.9 Å². The summed E-state index contributed by atoms with van der Waals surface area (Å²) < 4.78 is 17.0. The molecule has 0 aliphatic carbocycles. The molecule has 0 atom stereocenters. The molecule has 28 heavy (non-hydrogen) atoms. The van der Waals surface area contributed by atoms with E-state index < -0.39 is 0 Å². The Morgan fingerprint density at radius 2 is 1.61 bits per heavy atom. The van der Waals surface area contributed by atoms with Gasteiger partial charge in [-0.25, -0.2) is 0 Å². The Morgan fingerprint density at radius 3 is 2.11 bits per heavy atom. The molecule has 0 spiro atoms. The van der Waals surface area contributed by atoms with Gasteiger partial charge in [-0.05, 0) is 41.5 Å². The van der Waals surface area contributed by atoms with E-state index in [0.717, 1.165) is 15.6 Å². The summed E-state index contributed by atoms with van der Waals surface area (Å²) in [6.45, 7) is 4.71. The van der Waals surface area contributed by atoms with Gasteiger partial charge in [-0.15, -0.1) is 0 Å². The van der Waals surface area contributed by atoms with Crippen LogP contribution in [0.3, 0.4) is 0 Å². The van der Waals surface area contributed by atoms with Gasteiger partial charge in [0.2, 0.25) is 11.7 Å². The van der Waals surface area contributed by atoms with Gasteiger partial charge >= 0.3 is 0 Å². The lowest BCUT2D eigenvalue weighted by Gasteiger charge is -2.25. The minimum absolute atomic E-state index is 0.168. The summed E-state index contributed by atoms with van der Waals surface area (Å²) in [5.74, 6) is 1.43. The van der Waals surface area contributed by atoms with Crippen molar-refractivity contribution in [3.05, 3.63) is 58.1 Å². The summed E-state index contributed by atoms with van der Waals surface area (Å²) >= 11 is 3.44. The van der Waals surface area contributed by atoms with Gasteiger partial charge in [0.1, 0.15) is 0 Å². The highest BCUT2D eigenvalue weighted by Gasteiger charge is 2.21. The summed E-state index contributed by atoms with van der Waals surface area (Å²) in [5, 5.41) is 2.96. The van der Waals surface area contributed by atoms with E-state index in [2.05, 4.69) is 47.2 Å². The predicted molar refractivity (Wildman–Crippen MR) is 115 cm³/mol. The molecule has 0 fully saturated rings. The first-order chi connectivity index (χ1) is 13.3. The van der Waals surface area contributed by atoms with Crippen LogP contribution in [0.4, 0.5) is 0 Å². The van der Waals surface area contributed by atoms with E-state index in [1.54, 1.807) is 39.5 Å². The third-order valence-electron chi connectivity index (χ3n) is 4.44. The van der Waals surface area contributed by atoms with Crippen LogP contribution in [0.25, 0.3) is 6.08 Å². The molecule has 2 aromatic carbocycles. The number of nitrogens with one attached hydrogen (secondary N) is 1. The fourth-order valence-corrected chi connectivity index (χ4v) is 3.00. The molecule has 0 aromatic heterocycles. The molecule has 150 valence electrons. The number of rotatable bonds is 8. The third kappa shape index (κ3) is 5.52. The monoisotopic (exact) mass is 447 g/mol. The smallest absolute Gasteiger partial charge is 0.244 e. The minimum Gasteiger partial charge on any atom is -0.493 e. The number of benzene rings is 2. The summed E-state index contributed by atoms with van der Waals surface area (Å²) in [5.41, 5.74) is 1.75. The highest BCUT2D eigenvalue weighted by atomic mass is 79.9. The summed E-state index contributed by atoms with van der Waals surface area (Å²) in [7, 11) is 4.67. The number of carbonyl (C=O) groups is 1. The van der Waals surface area contributed by atoms with Crippen molar-refractivity contribution in [2.45, 2.75) is 19.3 Å². The molecule has 2 rings (SSSR count). The van der Waals surface area contributed by atoms with Gasteiger partial charge in [0, 0.05) is 22.5 Å². The van der Waals surface area contributed by atoms with Crippen molar-refractivity contribution in [2.24, 2.45) is 0 Å². The molecule has 0 bridgehead atoms. The number of methoxy groups -OCH3 is 3. The van der Waals surface area contributed by atoms with Crippen LogP contribution in [-0.4, -0.2) is 33.8 Å². The Morgan fingerprint density at radius 1 is 1.04 bits per heavy atom. The minimum atomic E-state index is -0.184. The van der Waals surface area contributed by atoms with Crippen molar-refractivity contribution in [3.63, 3.8) is 0 Å². The maximum Gasteiger partial charge on any atom is 0.244 e. The first kappa shape index (κ1) is 21.8. The average molecular weight is 448 g/mol. The lowest BCUT2D eigenvalue weighted by molar-refractivity contribution is -0.116. The largest absolute Gasteiger partial charge is 0.493 e. The molecule has 0 aliphatic heterocycles. The number of amides is 1. The zero-order valence-corrected chi connectivity index (χ0v) is 18.4. The van der Waals surface area contributed by atoms with E-state index in [-0.39, 0.29) is 11.3 Å². The summed E-state index contributed by atoms with van der Waals surface area (Å²) in [4.78, 5) is 12.3. The first-order valence-electron chi connectivity index (χ1n) is 8.82. The molecule has 0 saturated heterocycles. The molecular formula is C22H26BrNO4. The molecule has 2 aromatic rings. The number of ether oxygens (including phenoxy) is 3.